The van der Waals surface area contributed by atoms with Gasteiger partial charge in [0.25, 0.3) is 0 Å². The molecule has 0 fully saturated rings. The first-order valence-corrected chi connectivity index (χ1v) is 7.71. The lowest BCUT2D eigenvalue weighted by Crippen LogP contribution is -2.18. The Balaban J connectivity index is 2.10. The van der Waals surface area contributed by atoms with Gasteiger partial charge in [-0.3, -0.25) is 4.79 Å². The number of nitrogens with two attached hydrogens (primary N) is 2. The molecule has 2 aromatic rings. The van der Waals surface area contributed by atoms with Crippen LogP contribution in [0, 0.1) is 0 Å². The molecule has 1 aromatic carbocycles. The first-order chi connectivity index (χ1) is 11.2. The molecule has 2 rings (SSSR count). The molecule has 11 heteroatoms. The highest BCUT2D eigenvalue weighted by molar-refractivity contribution is 7.99. The number of carbonyl (C=O) groups is 1. The van der Waals surface area contributed by atoms with Crippen molar-refractivity contribution in [1.82, 2.24) is 9.97 Å². The number of hydrogen-bond acceptors (Lipinski definition) is 6. The van der Waals surface area contributed by atoms with Crippen LogP contribution < -0.4 is 16.8 Å². The lowest BCUT2D eigenvalue weighted by molar-refractivity contribution is -0.137. The fourth-order valence-corrected chi connectivity index (χ4v) is 2.61. The van der Waals surface area contributed by atoms with Gasteiger partial charge in [0, 0.05) is 6.07 Å². The van der Waals surface area contributed by atoms with Crippen molar-refractivity contribution in [3.05, 3.63) is 34.9 Å². The molecule has 0 unspecified atom stereocenters. The molecule has 128 valence electrons. The van der Waals surface area contributed by atoms with E-state index in [0.29, 0.717) is 0 Å². The summed E-state index contributed by atoms with van der Waals surface area (Å²) >= 11 is 6.64. The average molecular weight is 378 g/mol. The Kier molecular flexibility index (Phi) is 5.40. The monoisotopic (exact) mass is 377 g/mol. The molecule has 0 aliphatic rings. The molecule has 1 aromatic heterocycles. The zero-order valence-electron chi connectivity index (χ0n) is 11.9. The van der Waals surface area contributed by atoms with Gasteiger partial charge in [0.15, 0.2) is 5.16 Å². The van der Waals surface area contributed by atoms with Crippen LogP contribution in [-0.2, 0) is 11.0 Å². The van der Waals surface area contributed by atoms with E-state index < -0.39 is 23.3 Å². The number of nitrogen functional groups attached to an aromatic ring is 2. The second kappa shape index (κ2) is 7.14. The highest BCUT2D eigenvalue weighted by Gasteiger charge is 2.34. The van der Waals surface area contributed by atoms with Crippen LogP contribution >= 0.6 is 23.4 Å². The van der Waals surface area contributed by atoms with Crippen molar-refractivity contribution < 1.29 is 18.0 Å². The van der Waals surface area contributed by atoms with Gasteiger partial charge in [0.2, 0.25) is 5.91 Å². The van der Waals surface area contributed by atoms with Crippen LogP contribution in [0.4, 0.5) is 30.5 Å². The van der Waals surface area contributed by atoms with E-state index in [0.717, 1.165) is 23.9 Å². The molecule has 0 saturated carbocycles. The number of nitrogens with zero attached hydrogens (tertiary/aromatic N) is 2. The highest BCUT2D eigenvalue weighted by atomic mass is 35.5. The molecule has 0 aliphatic carbocycles. The number of nitrogens with one attached hydrogen (secondary N) is 1. The predicted octanol–water partition coefficient (Wildman–Crippen LogP) is 3.04. The number of alkyl halides is 3. The summed E-state index contributed by atoms with van der Waals surface area (Å²) in [6, 6.07) is 4.57. The van der Waals surface area contributed by atoms with E-state index in [1.807, 2.05) is 0 Å². The number of halogens is 4. The standard InChI is InChI=1S/C13H11ClF3N5OS/c14-7-3-1-2-6(13(15,16)17)11(7)22-10(23)5-24-12-20-8(18)4-9(19)21-12/h1-4H,5H2,(H,22,23)(H4,18,19,20,21). The summed E-state index contributed by atoms with van der Waals surface area (Å²) in [5.74, 6) is -0.708. The van der Waals surface area contributed by atoms with Crippen molar-refractivity contribution in [3.63, 3.8) is 0 Å². The molecule has 0 radical (unpaired) electrons. The number of rotatable bonds is 4. The fraction of sp³-hybridized carbons (Fsp3) is 0.154. The lowest BCUT2D eigenvalue weighted by Gasteiger charge is -2.15. The van der Waals surface area contributed by atoms with Gasteiger partial charge in [-0.1, -0.05) is 29.4 Å². The molecule has 0 saturated heterocycles. The van der Waals surface area contributed by atoms with Gasteiger partial charge in [-0.05, 0) is 12.1 Å². The van der Waals surface area contributed by atoms with E-state index in [2.05, 4.69) is 15.3 Å². The maximum absolute atomic E-state index is 13.0. The van der Waals surface area contributed by atoms with Crippen molar-refractivity contribution >= 4 is 46.6 Å². The summed E-state index contributed by atoms with van der Waals surface area (Å²) < 4.78 is 38.9. The molecule has 6 nitrogen and oxygen atoms in total. The second-order valence-corrected chi connectivity index (χ2v) is 5.85. The molecule has 1 amide bonds. The minimum absolute atomic E-state index is 0.121. The molecule has 0 spiro atoms. The summed E-state index contributed by atoms with van der Waals surface area (Å²) in [6.45, 7) is 0. The van der Waals surface area contributed by atoms with E-state index in [-0.39, 0.29) is 27.6 Å². The summed E-state index contributed by atoms with van der Waals surface area (Å²) in [6.07, 6.45) is -4.65. The third kappa shape index (κ3) is 4.65. The van der Waals surface area contributed by atoms with E-state index in [4.69, 9.17) is 23.1 Å². The minimum Gasteiger partial charge on any atom is -0.383 e. The summed E-state index contributed by atoms with van der Waals surface area (Å²) in [4.78, 5) is 19.6. The Bertz CT molecular complexity index is 752. The van der Waals surface area contributed by atoms with Crippen LogP contribution in [0.25, 0.3) is 0 Å². The third-order valence-corrected chi connectivity index (χ3v) is 3.82. The van der Waals surface area contributed by atoms with Gasteiger partial charge in [-0.2, -0.15) is 13.2 Å². The third-order valence-electron chi connectivity index (χ3n) is 2.66. The Hall–Kier alpha value is -2.20. The number of hydrogen-bond donors (Lipinski definition) is 3. The van der Waals surface area contributed by atoms with Crippen molar-refractivity contribution in [1.29, 1.82) is 0 Å². The number of carbonyl (C=O) groups excluding carboxylic acids is 1. The number of anilines is 3. The Labute approximate surface area is 143 Å². The molecular formula is C13H11ClF3N5OS. The van der Waals surface area contributed by atoms with Crippen molar-refractivity contribution in [2.24, 2.45) is 0 Å². The van der Waals surface area contributed by atoms with Crippen LogP contribution in [0.15, 0.2) is 29.4 Å². The molecule has 0 atom stereocenters. The number of amides is 1. The van der Waals surface area contributed by atoms with Gasteiger partial charge in [0.1, 0.15) is 11.6 Å². The fourth-order valence-electron chi connectivity index (χ4n) is 1.72. The number of benzene rings is 1. The van der Waals surface area contributed by atoms with Gasteiger partial charge in [-0.25, -0.2) is 9.97 Å². The highest BCUT2D eigenvalue weighted by Crippen LogP contribution is 2.38. The molecule has 5 N–H and O–H groups in total. The Morgan fingerprint density at radius 3 is 2.46 bits per heavy atom. The van der Waals surface area contributed by atoms with E-state index in [1.54, 1.807) is 0 Å². The van der Waals surface area contributed by atoms with Gasteiger partial charge < -0.3 is 16.8 Å². The quantitative estimate of drug-likeness (QED) is 0.558. The van der Waals surface area contributed by atoms with Crippen molar-refractivity contribution in [3.8, 4) is 0 Å². The predicted molar refractivity (Wildman–Crippen MR) is 86.7 cm³/mol. The molecular weight excluding hydrogens is 367 g/mol. The average Bonchev–Trinajstić information content (AvgIpc) is 2.45. The van der Waals surface area contributed by atoms with Gasteiger partial charge in [-0.15, -0.1) is 0 Å². The summed E-state index contributed by atoms with van der Waals surface area (Å²) in [5, 5.41) is 2.08. The van der Waals surface area contributed by atoms with Gasteiger partial charge in [0.05, 0.1) is 22.0 Å². The van der Waals surface area contributed by atoms with Crippen LogP contribution in [0.5, 0.6) is 0 Å². The Morgan fingerprint density at radius 2 is 1.88 bits per heavy atom. The maximum Gasteiger partial charge on any atom is 0.418 e. The number of para-hydroxylation sites is 1. The zero-order chi connectivity index (χ0) is 17.9. The van der Waals surface area contributed by atoms with E-state index in [9.17, 15) is 18.0 Å². The Morgan fingerprint density at radius 1 is 1.25 bits per heavy atom. The molecule has 0 bridgehead atoms. The topological polar surface area (TPSA) is 107 Å². The lowest BCUT2D eigenvalue weighted by atomic mass is 10.1. The number of aromatic nitrogens is 2. The van der Waals surface area contributed by atoms with Crippen molar-refractivity contribution in [2.45, 2.75) is 11.3 Å². The molecule has 24 heavy (non-hydrogen) atoms. The first kappa shape index (κ1) is 18.1. The zero-order valence-corrected chi connectivity index (χ0v) is 13.5. The SMILES string of the molecule is Nc1cc(N)nc(SCC(=O)Nc2c(Cl)cccc2C(F)(F)F)n1. The largest absolute Gasteiger partial charge is 0.418 e. The molecule has 1 heterocycles. The van der Waals surface area contributed by atoms with E-state index >= 15 is 0 Å². The maximum atomic E-state index is 13.0. The van der Waals surface area contributed by atoms with Crippen LogP contribution in [0.2, 0.25) is 5.02 Å². The van der Waals surface area contributed by atoms with Crippen LogP contribution in [0.1, 0.15) is 5.56 Å². The van der Waals surface area contributed by atoms with Crippen LogP contribution in [0.3, 0.4) is 0 Å². The second-order valence-electron chi connectivity index (χ2n) is 4.50. The number of thioether (sulfide) groups is 1. The van der Waals surface area contributed by atoms with Gasteiger partial charge >= 0.3 is 6.18 Å². The normalized spacial score (nSPS) is 11.3. The summed E-state index contributed by atoms with van der Waals surface area (Å²) in [5.41, 5.74) is 9.45. The van der Waals surface area contributed by atoms with E-state index in [1.165, 1.54) is 12.1 Å². The van der Waals surface area contributed by atoms with Crippen LogP contribution in [-0.4, -0.2) is 21.6 Å². The first-order valence-electron chi connectivity index (χ1n) is 6.35. The smallest absolute Gasteiger partial charge is 0.383 e. The minimum atomic E-state index is -4.65. The summed E-state index contributed by atoms with van der Waals surface area (Å²) in [7, 11) is 0. The molecule has 0 aliphatic heterocycles. The van der Waals surface area contributed by atoms with Crippen molar-refractivity contribution in [2.75, 3.05) is 22.5 Å².